The molecule has 0 unspecified atom stereocenters. The minimum atomic E-state index is -0.401. The Hall–Kier alpha value is -3.09. The van der Waals surface area contributed by atoms with Gasteiger partial charge in [0.2, 0.25) is 0 Å². The maximum absolute atomic E-state index is 10.7. The Morgan fingerprint density at radius 2 is 1.73 bits per heavy atom. The second kappa shape index (κ2) is 10.0. The van der Waals surface area contributed by atoms with E-state index >= 15 is 0 Å². The Balaban J connectivity index is 1.97. The number of non-ortho nitro benzene ring substituents is 1. The molecule has 0 aliphatic heterocycles. The summed E-state index contributed by atoms with van der Waals surface area (Å²) in [6.45, 7) is 3.98. The van der Waals surface area contributed by atoms with Gasteiger partial charge < -0.3 is 15.4 Å². The van der Waals surface area contributed by atoms with Crippen LogP contribution in [0.1, 0.15) is 24.5 Å². The van der Waals surface area contributed by atoms with E-state index in [-0.39, 0.29) is 5.69 Å². The summed E-state index contributed by atoms with van der Waals surface area (Å²) < 4.78 is 5.16. The Labute approximate surface area is 153 Å². The predicted molar refractivity (Wildman–Crippen MR) is 102 cm³/mol. The number of nitro benzene ring substituents is 1. The summed E-state index contributed by atoms with van der Waals surface area (Å²) in [6, 6.07) is 14.3. The summed E-state index contributed by atoms with van der Waals surface area (Å²) >= 11 is 0. The lowest BCUT2D eigenvalue weighted by molar-refractivity contribution is -0.384. The molecule has 0 heterocycles. The van der Waals surface area contributed by atoms with Crippen LogP contribution in [0.3, 0.4) is 0 Å². The fourth-order valence-electron chi connectivity index (χ4n) is 2.24. The van der Waals surface area contributed by atoms with Crippen molar-refractivity contribution >= 4 is 11.6 Å². The molecular weight excluding hydrogens is 332 g/mol. The van der Waals surface area contributed by atoms with E-state index in [2.05, 4.69) is 22.5 Å². The number of aliphatic imine (C=N–C) groups is 1. The molecule has 26 heavy (non-hydrogen) atoms. The topological polar surface area (TPSA) is 88.8 Å². The largest absolute Gasteiger partial charge is 0.497 e. The maximum atomic E-state index is 10.7. The van der Waals surface area contributed by atoms with Crippen molar-refractivity contribution in [2.75, 3.05) is 13.7 Å². The van der Waals surface area contributed by atoms with Crippen LogP contribution in [0.2, 0.25) is 0 Å². The number of hydrogen-bond acceptors (Lipinski definition) is 4. The number of nitrogens with one attached hydrogen (secondary N) is 2. The third kappa shape index (κ3) is 6.08. The quantitative estimate of drug-likeness (QED) is 0.328. The van der Waals surface area contributed by atoms with Gasteiger partial charge >= 0.3 is 0 Å². The third-order valence-electron chi connectivity index (χ3n) is 3.73. The third-order valence-corrected chi connectivity index (χ3v) is 3.73. The molecule has 7 nitrogen and oxygen atoms in total. The lowest BCUT2D eigenvalue weighted by Crippen LogP contribution is -2.37. The van der Waals surface area contributed by atoms with E-state index < -0.39 is 4.92 Å². The van der Waals surface area contributed by atoms with Gasteiger partial charge in [0, 0.05) is 25.2 Å². The highest BCUT2D eigenvalue weighted by Crippen LogP contribution is 2.13. The molecule has 0 amide bonds. The van der Waals surface area contributed by atoms with Crippen LogP contribution in [0.5, 0.6) is 5.75 Å². The smallest absolute Gasteiger partial charge is 0.269 e. The number of benzene rings is 2. The SMILES string of the molecule is CCCNC(=NCc1ccc(OC)cc1)NCc1ccc([N+](=O)[O-])cc1. The molecule has 0 radical (unpaired) electrons. The zero-order valence-corrected chi connectivity index (χ0v) is 15.1. The van der Waals surface area contributed by atoms with Crippen LogP contribution in [0.25, 0.3) is 0 Å². The number of methoxy groups -OCH3 is 1. The minimum absolute atomic E-state index is 0.0891. The fourth-order valence-corrected chi connectivity index (χ4v) is 2.24. The molecule has 138 valence electrons. The molecular formula is C19H24N4O3. The summed E-state index contributed by atoms with van der Waals surface area (Å²) in [6.07, 6.45) is 0.987. The van der Waals surface area contributed by atoms with Gasteiger partial charge in [-0.1, -0.05) is 31.2 Å². The van der Waals surface area contributed by atoms with E-state index in [0.29, 0.717) is 19.0 Å². The highest BCUT2D eigenvalue weighted by Gasteiger charge is 2.05. The van der Waals surface area contributed by atoms with Gasteiger partial charge in [0.25, 0.3) is 5.69 Å². The molecule has 0 atom stereocenters. The minimum Gasteiger partial charge on any atom is -0.497 e. The average molecular weight is 356 g/mol. The van der Waals surface area contributed by atoms with Crippen molar-refractivity contribution < 1.29 is 9.66 Å². The number of nitro groups is 1. The standard InChI is InChI=1S/C19H24N4O3/c1-3-12-20-19(22-14-16-6-10-18(26-2)11-7-16)21-13-15-4-8-17(9-5-15)23(24)25/h4-11H,3,12-14H2,1-2H3,(H2,20,21,22). The van der Waals surface area contributed by atoms with Crippen molar-refractivity contribution in [2.45, 2.75) is 26.4 Å². The van der Waals surface area contributed by atoms with Crippen LogP contribution in [-0.2, 0) is 13.1 Å². The molecule has 2 aromatic carbocycles. The number of guanidine groups is 1. The van der Waals surface area contributed by atoms with Gasteiger partial charge in [0.05, 0.1) is 18.6 Å². The molecule has 0 fully saturated rings. The molecule has 0 aromatic heterocycles. The number of nitrogens with zero attached hydrogens (tertiary/aromatic N) is 2. The zero-order valence-electron chi connectivity index (χ0n) is 15.1. The molecule has 0 aliphatic rings. The summed E-state index contributed by atoms with van der Waals surface area (Å²) in [7, 11) is 1.64. The van der Waals surface area contributed by atoms with Crippen LogP contribution in [0.4, 0.5) is 5.69 Å². The number of hydrogen-bond donors (Lipinski definition) is 2. The van der Waals surface area contributed by atoms with Crippen LogP contribution in [0.15, 0.2) is 53.5 Å². The first-order valence-electron chi connectivity index (χ1n) is 8.51. The molecule has 0 saturated heterocycles. The lowest BCUT2D eigenvalue weighted by Gasteiger charge is -2.12. The van der Waals surface area contributed by atoms with Crippen LogP contribution >= 0.6 is 0 Å². The van der Waals surface area contributed by atoms with E-state index in [1.54, 1.807) is 19.2 Å². The van der Waals surface area contributed by atoms with Crippen molar-refractivity contribution in [3.8, 4) is 5.75 Å². The van der Waals surface area contributed by atoms with Gasteiger partial charge in [-0.25, -0.2) is 4.99 Å². The van der Waals surface area contributed by atoms with Crippen LogP contribution in [-0.4, -0.2) is 24.5 Å². The first-order valence-corrected chi connectivity index (χ1v) is 8.51. The van der Waals surface area contributed by atoms with Gasteiger partial charge in [-0.2, -0.15) is 0 Å². The summed E-state index contributed by atoms with van der Waals surface area (Å²) in [5, 5.41) is 17.2. The Morgan fingerprint density at radius 1 is 1.08 bits per heavy atom. The van der Waals surface area contributed by atoms with E-state index in [1.165, 1.54) is 12.1 Å². The molecule has 0 aliphatic carbocycles. The van der Waals surface area contributed by atoms with Crippen molar-refractivity contribution in [2.24, 2.45) is 4.99 Å². The van der Waals surface area contributed by atoms with E-state index in [9.17, 15) is 10.1 Å². The van der Waals surface area contributed by atoms with Gasteiger partial charge in [0.1, 0.15) is 5.75 Å². The first kappa shape index (κ1) is 19.2. The van der Waals surface area contributed by atoms with Crippen molar-refractivity contribution in [1.29, 1.82) is 0 Å². The molecule has 2 N–H and O–H groups in total. The second-order valence-corrected chi connectivity index (χ2v) is 5.72. The highest BCUT2D eigenvalue weighted by atomic mass is 16.6. The second-order valence-electron chi connectivity index (χ2n) is 5.72. The molecule has 0 saturated carbocycles. The number of rotatable bonds is 8. The highest BCUT2D eigenvalue weighted by molar-refractivity contribution is 5.79. The molecule has 2 aromatic rings. The van der Waals surface area contributed by atoms with E-state index in [1.807, 2.05) is 24.3 Å². The Bertz CT molecular complexity index is 727. The fraction of sp³-hybridized carbons (Fsp3) is 0.316. The summed E-state index contributed by atoms with van der Waals surface area (Å²) in [5.74, 6) is 1.53. The van der Waals surface area contributed by atoms with Gasteiger partial charge in [-0.15, -0.1) is 0 Å². The average Bonchev–Trinajstić information content (AvgIpc) is 2.68. The predicted octanol–water partition coefficient (Wildman–Crippen LogP) is 3.25. The summed E-state index contributed by atoms with van der Waals surface area (Å²) in [4.78, 5) is 14.9. The van der Waals surface area contributed by atoms with Crippen LogP contribution in [0, 0.1) is 10.1 Å². The maximum Gasteiger partial charge on any atom is 0.269 e. The van der Waals surface area contributed by atoms with Crippen LogP contribution < -0.4 is 15.4 Å². The Morgan fingerprint density at radius 3 is 2.31 bits per heavy atom. The Kier molecular flexibility index (Phi) is 7.42. The van der Waals surface area contributed by atoms with Crippen molar-refractivity contribution in [1.82, 2.24) is 10.6 Å². The van der Waals surface area contributed by atoms with Gasteiger partial charge in [-0.3, -0.25) is 10.1 Å². The lowest BCUT2D eigenvalue weighted by atomic mass is 10.2. The molecule has 0 spiro atoms. The van der Waals surface area contributed by atoms with E-state index in [4.69, 9.17) is 4.74 Å². The van der Waals surface area contributed by atoms with Crippen molar-refractivity contribution in [3.63, 3.8) is 0 Å². The first-order chi connectivity index (χ1) is 12.6. The van der Waals surface area contributed by atoms with Gasteiger partial charge in [0.15, 0.2) is 5.96 Å². The molecule has 2 rings (SSSR count). The normalized spacial score (nSPS) is 11.1. The molecule has 0 bridgehead atoms. The summed E-state index contributed by atoms with van der Waals surface area (Å²) in [5.41, 5.74) is 2.12. The monoisotopic (exact) mass is 356 g/mol. The van der Waals surface area contributed by atoms with Crippen molar-refractivity contribution in [3.05, 3.63) is 69.8 Å². The van der Waals surface area contributed by atoms with E-state index in [0.717, 1.165) is 29.8 Å². The molecule has 7 heteroatoms. The van der Waals surface area contributed by atoms with Gasteiger partial charge in [-0.05, 0) is 29.7 Å². The zero-order chi connectivity index (χ0) is 18.8. The number of ether oxygens (including phenoxy) is 1.